The van der Waals surface area contributed by atoms with Crippen molar-refractivity contribution in [3.8, 4) is 11.8 Å². The van der Waals surface area contributed by atoms with Crippen LogP contribution in [-0.4, -0.2) is 47.7 Å². The standard InChI is InChI=1S/C31H31ClF2N10/c1-18-21(6-5-7-25(18)43-17-36-16-39-43)28(24-14-44(42-41-24)31(8-9-31)29(33)34)40-23-11-20(32)10-22-26(38-15-30(2,3)4)19(12-35)13-37-27(22)23/h5-7,10-11,13-14,16-17,28-29,40H,8-9,15H2,1-4H3,(H,37,38)/t28-/m0/s1. The summed E-state index contributed by atoms with van der Waals surface area (Å²) in [6.45, 7) is 8.87. The highest BCUT2D eigenvalue weighted by Crippen LogP contribution is 2.48. The Morgan fingerprint density at radius 3 is 2.66 bits per heavy atom. The highest BCUT2D eigenvalue weighted by atomic mass is 35.5. The van der Waals surface area contributed by atoms with E-state index in [0.29, 0.717) is 57.9 Å². The highest BCUT2D eigenvalue weighted by Gasteiger charge is 2.54. The third kappa shape index (κ3) is 5.43. The molecule has 1 atom stereocenters. The van der Waals surface area contributed by atoms with Crippen molar-refractivity contribution in [2.45, 2.75) is 58.5 Å². The van der Waals surface area contributed by atoms with Gasteiger partial charge in [-0.05, 0) is 54.5 Å². The Labute approximate surface area is 258 Å². The molecule has 1 aliphatic rings. The summed E-state index contributed by atoms with van der Waals surface area (Å²) in [4.78, 5) is 8.73. The molecule has 2 N–H and O–H groups in total. The molecule has 2 aromatic carbocycles. The van der Waals surface area contributed by atoms with Gasteiger partial charge in [-0.2, -0.15) is 10.4 Å². The van der Waals surface area contributed by atoms with Crippen molar-refractivity contribution in [2.24, 2.45) is 5.41 Å². The van der Waals surface area contributed by atoms with Crippen molar-refractivity contribution < 1.29 is 8.78 Å². The van der Waals surface area contributed by atoms with Crippen LogP contribution < -0.4 is 10.6 Å². The molecular formula is C31H31ClF2N10. The van der Waals surface area contributed by atoms with Crippen LogP contribution in [0.5, 0.6) is 0 Å². The van der Waals surface area contributed by atoms with E-state index < -0.39 is 18.0 Å². The molecule has 0 saturated heterocycles. The molecule has 13 heteroatoms. The number of anilines is 2. The molecule has 5 aromatic rings. The van der Waals surface area contributed by atoms with Gasteiger partial charge < -0.3 is 10.6 Å². The molecule has 1 aliphatic carbocycles. The lowest BCUT2D eigenvalue weighted by Gasteiger charge is -2.24. The Hall–Kier alpha value is -4.63. The maximum absolute atomic E-state index is 14.0. The summed E-state index contributed by atoms with van der Waals surface area (Å²) in [6.07, 6.45) is 4.29. The fourth-order valence-electron chi connectivity index (χ4n) is 5.31. The second kappa shape index (κ2) is 11.1. The van der Waals surface area contributed by atoms with Crippen molar-refractivity contribution >= 4 is 33.9 Å². The third-order valence-electron chi connectivity index (χ3n) is 7.91. The predicted molar refractivity (Wildman–Crippen MR) is 164 cm³/mol. The summed E-state index contributed by atoms with van der Waals surface area (Å²) >= 11 is 6.68. The molecule has 0 spiro atoms. The number of hydrogen-bond donors (Lipinski definition) is 2. The molecular weight excluding hydrogens is 586 g/mol. The summed E-state index contributed by atoms with van der Waals surface area (Å²) < 4.78 is 31.0. The number of alkyl halides is 2. The third-order valence-corrected chi connectivity index (χ3v) is 8.13. The Balaban J connectivity index is 1.50. The van der Waals surface area contributed by atoms with Crippen molar-refractivity contribution in [2.75, 3.05) is 17.2 Å². The van der Waals surface area contributed by atoms with Crippen LogP contribution >= 0.6 is 11.6 Å². The number of rotatable bonds is 9. The van der Waals surface area contributed by atoms with Crippen LogP contribution in [0.25, 0.3) is 16.6 Å². The molecule has 0 aliphatic heterocycles. The van der Waals surface area contributed by atoms with E-state index in [9.17, 15) is 14.0 Å². The number of halogens is 3. The van der Waals surface area contributed by atoms with Crippen LogP contribution in [0.4, 0.5) is 20.2 Å². The summed E-state index contributed by atoms with van der Waals surface area (Å²) in [6, 6.07) is 10.9. The molecule has 3 heterocycles. The molecule has 226 valence electrons. The fourth-order valence-corrected chi connectivity index (χ4v) is 5.53. The second-order valence-electron chi connectivity index (χ2n) is 12.3. The molecule has 6 rings (SSSR count). The lowest BCUT2D eigenvalue weighted by atomic mass is 9.96. The van der Waals surface area contributed by atoms with Gasteiger partial charge in [0.1, 0.15) is 30.0 Å². The monoisotopic (exact) mass is 616 g/mol. The average molecular weight is 617 g/mol. The maximum atomic E-state index is 14.0. The minimum absolute atomic E-state index is 0.0529. The number of pyridine rings is 1. The topological polar surface area (TPSA) is 122 Å². The molecule has 0 radical (unpaired) electrons. The van der Waals surface area contributed by atoms with Gasteiger partial charge in [0.25, 0.3) is 6.43 Å². The normalized spacial score (nSPS) is 14.9. The number of fused-ring (bicyclic) bond motifs is 1. The minimum Gasteiger partial charge on any atom is -0.383 e. The van der Waals surface area contributed by atoms with Gasteiger partial charge >= 0.3 is 0 Å². The smallest absolute Gasteiger partial charge is 0.263 e. The zero-order valence-corrected chi connectivity index (χ0v) is 25.4. The first-order chi connectivity index (χ1) is 21.0. The summed E-state index contributed by atoms with van der Waals surface area (Å²) in [5.41, 5.74) is 3.75. The largest absolute Gasteiger partial charge is 0.383 e. The number of nitriles is 1. The molecule has 1 fully saturated rings. The molecule has 0 amide bonds. The average Bonchev–Trinajstić information content (AvgIpc) is 3.35. The number of nitrogens with zero attached hydrogens (tertiary/aromatic N) is 8. The Morgan fingerprint density at radius 2 is 2.00 bits per heavy atom. The van der Waals surface area contributed by atoms with Gasteiger partial charge in [-0.25, -0.2) is 23.1 Å². The van der Waals surface area contributed by atoms with Crippen LogP contribution in [0, 0.1) is 23.7 Å². The first-order valence-electron chi connectivity index (χ1n) is 14.2. The van der Waals surface area contributed by atoms with Gasteiger partial charge in [-0.1, -0.05) is 49.7 Å². The maximum Gasteiger partial charge on any atom is 0.263 e. The van der Waals surface area contributed by atoms with Crippen LogP contribution in [0.15, 0.2) is 55.4 Å². The van der Waals surface area contributed by atoms with Crippen molar-refractivity contribution in [1.29, 1.82) is 5.26 Å². The van der Waals surface area contributed by atoms with E-state index in [-0.39, 0.29) is 5.41 Å². The SMILES string of the molecule is Cc1c([C@H](Nc2cc(Cl)cc3c(NCC(C)(C)C)c(C#N)cnc23)c2cn(C3(C(F)F)CC3)nn2)cccc1-n1cncn1. The van der Waals surface area contributed by atoms with Gasteiger partial charge in [0.15, 0.2) is 0 Å². The van der Waals surface area contributed by atoms with Gasteiger partial charge in [0, 0.05) is 23.2 Å². The van der Waals surface area contributed by atoms with Gasteiger partial charge in [-0.15, -0.1) is 5.10 Å². The Kier molecular flexibility index (Phi) is 7.45. The first kappa shape index (κ1) is 29.4. The van der Waals surface area contributed by atoms with E-state index in [1.807, 2.05) is 25.1 Å². The molecule has 10 nitrogen and oxygen atoms in total. The van der Waals surface area contributed by atoms with E-state index in [1.165, 1.54) is 17.2 Å². The zero-order chi connectivity index (χ0) is 31.2. The molecule has 0 bridgehead atoms. The van der Waals surface area contributed by atoms with E-state index in [1.54, 1.807) is 29.3 Å². The van der Waals surface area contributed by atoms with Crippen LogP contribution in [-0.2, 0) is 5.54 Å². The van der Waals surface area contributed by atoms with Crippen LogP contribution in [0.3, 0.4) is 0 Å². The quantitative estimate of drug-likeness (QED) is 0.189. The molecule has 44 heavy (non-hydrogen) atoms. The highest BCUT2D eigenvalue weighted by molar-refractivity contribution is 6.32. The van der Waals surface area contributed by atoms with E-state index >= 15 is 0 Å². The van der Waals surface area contributed by atoms with E-state index in [4.69, 9.17) is 11.6 Å². The van der Waals surface area contributed by atoms with Gasteiger partial charge in [-0.3, -0.25) is 4.98 Å². The van der Waals surface area contributed by atoms with E-state index in [2.05, 4.69) is 62.9 Å². The zero-order valence-electron chi connectivity index (χ0n) is 24.7. The van der Waals surface area contributed by atoms with Gasteiger partial charge in [0.2, 0.25) is 0 Å². The summed E-state index contributed by atoms with van der Waals surface area (Å²) in [5.74, 6) is 0. The molecule has 0 unspecified atom stereocenters. The Morgan fingerprint density at radius 1 is 1.20 bits per heavy atom. The predicted octanol–water partition coefficient (Wildman–Crippen LogP) is 6.65. The van der Waals surface area contributed by atoms with Crippen LogP contribution in [0.1, 0.15) is 62.0 Å². The summed E-state index contributed by atoms with van der Waals surface area (Å²) in [5, 5.41) is 30.8. The number of benzene rings is 2. The lowest BCUT2D eigenvalue weighted by molar-refractivity contribution is 0.0593. The van der Waals surface area contributed by atoms with Crippen molar-refractivity contribution in [3.05, 3.63) is 82.8 Å². The number of aromatic nitrogens is 7. The number of hydrogen-bond acceptors (Lipinski definition) is 8. The van der Waals surface area contributed by atoms with E-state index in [0.717, 1.165) is 16.8 Å². The Bertz CT molecular complexity index is 1870. The van der Waals surface area contributed by atoms with Gasteiger partial charge in [0.05, 0.1) is 40.4 Å². The molecule has 1 saturated carbocycles. The minimum atomic E-state index is -2.56. The number of nitrogens with one attached hydrogen (secondary N) is 2. The first-order valence-corrected chi connectivity index (χ1v) is 14.6. The lowest BCUT2D eigenvalue weighted by Crippen LogP contribution is -2.26. The van der Waals surface area contributed by atoms with Crippen molar-refractivity contribution in [3.63, 3.8) is 0 Å². The fraction of sp³-hybridized carbons (Fsp3) is 0.355. The van der Waals surface area contributed by atoms with Crippen molar-refractivity contribution in [1.82, 2.24) is 34.7 Å². The molecule has 3 aromatic heterocycles. The van der Waals surface area contributed by atoms with Crippen LogP contribution in [0.2, 0.25) is 5.02 Å². The summed E-state index contributed by atoms with van der Waals surface area (Å²) in [7, 11) is 0. The second-order valence-corrected chi connectivity index (χ2v) is 12.8.